The number of ether oxygens (including phenoxy) is 1. The topological polar surface area (TPSA) is 70.3 Å². The number of hydrogen-bond donors (Lipinski definition) is 1. The smallest absolute Gasteiger partial charge is 0.347 e. The van der Waals surface area contributed by atoms with Crippen LogP contribution in [0.2, 0.25) is 0 Å². The van der Waals surface area contributed by atoms with Gasteiger partial charge >= 0.3 is 5.97 Å². The van der Waals surface area contributed by atoms with Crippen LogP contribution in [0.25, 0.3) is 0 Å². The van der Waals surface area contributed by atoms with E-state index in [1.165, 1.54) is 6.92 Å². The fourth-order valence-electron chi connectivity index (χ4n) is 1.16. The summed E-state index contributed by atoms with van der Waals surface area (Å²) in [6.07, 6.45) is 0.322. The molecule has 0 spiro atoms. The lowest BCUT2D eigenvalue weighted by Gasteiger charge is -2.25. The zero-order valence-corrected chi connectivity index (χ0v) is 9.23. The molecule has 0 amide bonds. The van der Waals surface area contributed by atoms with Gasteiger partial charge in [-0.05, 0) is 25.5 Å². The maximum atomic E-state index is 11.0. The number of nitriles is 1. The molecule has 0 radical (unpaired) electrons. The molecule has 1 aromatic rings. The lowest BCUT2D eigenvalue weighted by molar-refractivity contribution is -0.154. The van der Waals surface area contributed by atoms with Gasteiger partial charge in [-0.2, -0.15) is 5.26 Å². The highest BCUT2D eigenvalue weighted by Gasteiger charge is 2.34. The maximum absolute atomic E-state index is 11.0. The fourth-order valence-corrected chi connectivity index (χ4v) is 1.16. The van der Waals surface area contributed by atoms with Gasteiger partial charge in [0.05, 0.1) is 5.56 Å². The van der Waals surface area contributed by atoms with Crippen molar-refractivity contribution in [2.75, 3.05) is 0 Å². The molecule has 0 fully saturated rings. The second-order valence-electron chi connectivity index (χ2n) is 3.60. The molecule has 0 saturated heterocycles. The Labute approximate surface area is 94.1 Å². The van der Waals surface area contributed by atoms with E-state index in [0.29, 0.717) is 17.7 Å². The van der Waals surface area contributed by atoms with Crippen LogP contribution in [0, 0.1) is 11.3 Å². The molecule has 0 aromatic heterocycles. The van der Waals surface area contributed by atoms with Crippen molar-refractivity contribution in [1.29, 1.82) is 5.26 Å². The number of benzene rings is 1. The SMILES string of the molecule is CCC(C)(Oc1ccccc1C#N)C(=O)O. The van der Waals surface area contributed by atoms with Crippen LogP contribution in [0.4, 0.5) is 0 Å². The third kappa shape index (κ3) is 2.31. The Hall–Kier alpha value is -2.02. The monoisotopic (exact) mass is 219 g/mol. The Morgan fingerprint density at radius 1 is 1.56 bits per heavy atom. The summed E-state index contributed by atoms with van der Waals surface area (Å²) in [5, 5.41) is 17.9. The van der Waals surface area contributed by atoms with Gasteiger partial charge in [-0.3, -0.25) is 0 Å². The number of carbonyl (C=O) groups is 1. The largest absolute Gasteiger partial charge is 0.478 e. The van der Waals surface area contributed by atoms with Gasteiger partial charge in [-0.25, -0.2) is 4.79 Å². The van der Waals surface area contributed by atoms with Crippen molar-refractivity contribution in [3.05, 3.63) is 29.8 Å². The molecule has 4 nitrogen and oxygen atoms in total. The minimum Gasteiger partial charge on any atom is -0.478 e. The van der Waals surface area contributed by atoms with E-state index in [0.717, 1.165) is 0 Å². The standard InChI is InChI=1S/C12H13NO3/c1-3-12(2,11(14)15)16-10-7-5-4-6-9(10)8-13/h4-7H,3H2,1-2H3,(H,14,15). The van der Waals surface area contributed by atoms with Crippen LogP contribution in [0.1, 0.15) is 25.8 Å². The van der Waals surface area contributed by atoms with E-state index in [-0.39, 0.29) is 0 Å². The van der Waals surface area contributed by atoms with Crippen molar-refractivity contribution < 1.29 is 14.6 Å². The summed E-state index contributed by atoms with van der Waals surface area (Å²) in [4.78, 5) is 11.0. The quantitative estimate of drug-likeness (QED) is 0.842. The predicted octanol–water partition coefficient (Wildman–Crippen LogP) is 2.19. The number of hydrogen-bond acceptors (Lipinski definition) is 3. The van der Waals surface area contributed by atoms with Crippen molar-refractivity contribution in [1.82, 2.24) is 0 Å². The highest BCUT2D eigenvalue weighted by molar-refractivity contribution is 5.77. The Morgan fingerprint density at radius 2 is 2.19 bits per heavy atom. The van der Waals surface area contributed by atoms with Gasteiger partial charge in [-0.15, -0.1) is 0 Å². The Kier molecular flexibility index (Phi) is 3.51. The van der Waals surface area contributed by atoms with E-state index < -0.39 is 11.6 Å². The lowest BCUT2D eigenvalue weighted by Crippen LogP contribution is -2.40. The number of nitrogens with zero attached hydrogens (tertiary/aromatic N) is 1. The van der Waals surface area contributed by atoms with Gasteiger partial charge in [0.1, 0.15) is 11.8 Å². The minimum atomic E-state index is -1.30. The van der Waals surface area contributed by atoms with Crippen LogP contribution in [0.3, 0.4) is 0 Å². The molecule has 0 aliphatic carbocycles. The number of carboxylic acids is 1. The van der Waals surface area contributed by atoms with Gasteiger partial charge in [0.25, 0.3) is 0 Å². The summed E-state index contributed by atoms with van der Waals surface area (Å²) < 4.78 is 5.41. The molecule has 0 aliphatic heterocycles. The summed E-state index contributed by atoms with van der Waals surface area (Å²) in [6.45, 7) is 3.21. The number of rotatable bonds is 4. The van der Waals surface area contributed by atoms with Crippen molar-refractivity contribution in [2.45, 2.75) is 25.9 Å². The summed E-state index contributed by atoms with van der Waals surface area (Å²) in [7, 11) is 0. The van der Waals surface area contributed by atoms with Crippen LogP contribution in [-0.4, -0.2) is 16.7 Å². The summed E-state index contributed by atoms with van der Waals surface area (Å²) >= 11 is 0. The molecule has 84 valence electrons. The zero-order chi connectivity index (χ0) is 12.2. The number of para-hydroxylation sites is 1. The van der Waals surface area contributed by atoms with Crippen molar-refractivity contribution in [3.8, 4) is 11.8 Å². The first kappa shape index (κ1) is 12.1. The molecule has 4 heteroatoms. The number of aliphatic carboxylic acids is 1. The second kappa shape index (κ2) is 4.67. The lowest BCUT2D eigenvalue weighted by atomic mass is 10.0. The summed E-state index contributed by atoms with van der Waals surface area (Å²) in [6, 6.07) is 8.55. The number of carboxylic acid groups (broad SMARTS) is 1. The molecule has 1 atom stereocenters. The molecule has 16 heavy (non-hydrogen) atoms. The fraction of sp³-hybridized carbons (Fsp3) is 0.333. The molecular formula is C12H13NO3. The van der Waals surface area contributed by atoms with Gasteiger partial charge in [0.2, 0.25) is 5.60 Å². The van der Waals surface area contributed by atoms with E-state index >= 15 is 0 Å². The Morgan fingerprint density at radius 3 is 2.69 bits per heavy atom. The molecule has 0 saturated carbocycles. The first-order valence-corrected chi connectivity index (χ1v) is 4.95. The summed E-state index contributed by atoms with van der Waals surface area (Å²) in [5.74, 6) is -0.737. The van der Waals surface area contributed by atoms with E-state index in [4.69, 9.17) is 15.1 Å². The van der Waals surface area contributed by atoms with Crippen molar-refractivity contribution >= 4 is 5.97 Å². The van der Waals surface area contributed by atoms with Gasteiger partial charge in [0.15, 0.2) is 0 Å². The van der Waals surface area contributed by atoms with Crippen LogP contribution >= 0.6 is 0 Å². The van der Waals surface area contributed by atoms with Gasteiger partial charge < -0.3 is 9.84 Å². The predicted molar refractivity (Wildman–Crippen MR) is 58.1 cm³/mol. The average Bonchev–Trinajstić information content (AvgIpc) is 2.29. The molecule has 0 aliphatic rings. The molecular weight excluding hydrogens is 206 g/mol. The molecule has 1 N–H and O–H groups in total. The van der Waals surface area contributed by atoms with Crippen molar-refractivity contribution in [3.63, 3.8) is 0 Å². The highest BCUT2D eigenvalue weighted by atomic mass is 16.5. The highest BCUT2D eigenvalue weighted by Crippen LogP contribution is 2.24. The molecule has 1 unspecified atom stereocenters. The molecule has 1 aromatic carbocycles. The van der Waals surface area contributed by atoms with Crippen LogP contribution in [-0.2, 0) is 4.79 Å². The van der Waals surface area contributed by atoms with Gasteiger partial charge in [-0.1, -0.05) is 19.1 Å². The van der Waals surface area contributed by atoms with Gasteiger partial charge in [0, 0.05) is 0 Å². The second-order valence-corrected chi connectivity index (χ2v) is 3.60. The first-order chi connectivity index (χ1) is 7.53. The van der Waals surface area contributed by atoms with Crippen LogP contribution in [0.5, 0.6) is 5.75 Å². The summed E-state index contributed by atoms with van der Waals surface area (Å²) in [5.41, 5.74) is -0.962. The molecule has 0 heterocycles. The van der Waals surface area contributed by atoms with E-state index in [2.05, 4.69) is 0 Å². The minimum absolute atomic E-state index is 0.303. The Balaban J connectivity index is 3.04. The first-order valence-electron chi connectivity index (χ1n) is 4.95. The van der Waals surface area contributed by atoms with Crippen molar-refractivity contribution in [2.24, 2.45) is 0 Å². The molecule has 1 rings (SSSR count). The van der Waals surface area contributed by atoms with Crippen LogP contribution in [0.15, 0.2) is 24.3 Å². The average molecular weight is 219 g/mol. The third-order valence-electron chi connectivity index (χ3n) is 2.47. The zero-order valence-electron chi connectivity index (χ0n) is 9.23. The third-order valence-corrected chi connectivity index (χ3v) is 2.47. The Bertz CT molecular complexity index is 436. The van der Waals surface area contributed by atoms with Crippen LogP contribution < -0.4 is 4.74 Å². The van der Waals surface area contributed by atoms with E-state index in [1.807, 2.05) is 6.07 Å². The molecule has 0 bridgehead atoms. The normalized spacial score (nSPS) is 13.6. The maximum Gasteiger partial charge on any atom is 0.347 e. The van der Waals surface area contributed by atoms with E-state index in [1.54, 1.807) is 31.2 Å². The van der Waals surface area contributed by atoms with E-state index in [9.17, 15) is 4.79 Å².